The minimum atomic E-state index is -0.346. The van der Waals surface area contributed by atoms with Gasteiger partial charge >= 0.3 is 0 Å². The van der Waals surface area contributed by atoms with E-state index < -0.39 is 0 Å². The van der Waals surface area contributed by atoms with Crippen LogP contribution in [0.25, 0.3) is 10.9 Å². The summed E-state index contributed by atoms with van der Waals surface area (Å²) in [5.41, 5.74) is 0.509. The van der Waals surface area contributed by atoms with E-state index in [9.17, 15) is 9.18 Å². The van der Waals surface area contributed by atoms with Gasteiger partial charge in [-0.25, -0.2) is 4.39 Å². The molecule has 0 spiro atoms. The summed E-state index contributed by atoms with van der Waals surface area (Å²) in [6.07, 6.45) is 4.67. The molecule has 1 fully saturated rings. The number of halogens is 1. The van der Waals surface area contributed by atoms with Crippen LogP contribution in [0.5, 0.6) is 0 Å². The molecule has 1 aromatic carbocycles. The van der Waals surface area contributed by atoms with Crippen LogP contribution in [-0.4, -0.2) is 24.1 Å². The third-order valence-corrected chi connectivity index (χ3v) is 4.61. The zero-order valence-electron chi connectivity index (χ0n) is 14.2. The summed E-state index contributed by atoms with van der Waals surface area (Å²) in [4.78, 5) is 12.1. The molecule has 2 unspecified atom stereocenters. The number of fused-ring (bicyclic) bond motifs is 1. The lowest BCUT2D eigenvalue weighted by molar-refractivity contribution is -0.169. The van der Waals surface area contributed by atoms with E-state index in [1.165, 1.54) is 18.2 Å². The van der Waals surface area contributed by atoms with Gasteiger partial charge in [0, 0.05) is 24.3 Å². The summed E-state index contributed by atoms with van der Waals surface area (Å²) in [5, 5.41) is 0.526. The summed E-state index contributed by atoms with van der Waals surface area (Å²) in [5.74, 6) is -0.0801. The monoisotopic (exact) mass is 333 g/mol. The van der Waals surface area contributed by atoms with E-state index in [2.05, 4.69) is 13.8 Å². The van der Waals surface area contributed by atoms with E-state index in [0.717, 1.165) is 25.9 Å². The Kier molecular flexibility index (Phi) is 5.31. The van der Waals surface area contributed by atoms with Gasteiger partial charge in [0.1, 0.15) is 5.82 Å². The number of rotatable bonds is 5. The van der Waals surface area contributed by atoms with Gasteiger partial charge in [0.2, 0.25) is 0 Å². The lowest BCUT2D eigenvalue weighted by Crippen LogP contribution is -2.28. The summed E-state index contributed by atoms with van der Waals surface area (Å²) >= 11 is 0. The molecule has 130 valence electrons. The molecule has 0 N–H and O–H groups in total. The fourth-order valence-electron chi connectivity index (χ4n) is 3.18. The molecule has 0 radical (unpaired) electrons. The second kappa shape index (κ2) is 7.45. The zero-order valence-corrected chi connectivity index (χ0v) is 14.2. The molecule has 0 bridgehead atoms. The van der Waals surface area contributed by atoms with E-state index in [0.29, 0.717) is 17.5 Å². The first kappa shape index (κ1) is 17.1. The molecule has 5 heteroatoms. The number of hydrogen-bond acceptors (Lipinski definition) is 3. The minimum absolute atomic E-state index is 0.000395. The van der Waals surface area contributed by atoms with Crippen LogP contribution in [0.15, 0.2) is 35.3 Å². The van der Waals surface area contributed by atoms with Crippen LogP contribution in [0.2, 0.25) is 0 Å². The molecule has 1 aliphatic heterocycles. The maximum Gasteiger partial charge on any atom is 0.189 e. The van der Waals surface area contributed by atoms with Crippen LogP contribution in [-0.2, 0) is 9.47 Å². The number of nitrogens with zero attached hydrogens (tertiary/aromatic N) is 1. The second-order valence-corrected chi connectivity index (χ2v) is 6.69. The highest BCUT2D eigenvalue weighted by molar-refractivity contribution is 5.78. The highest BCUT2D eigenvalue weighted by Crippen LogP contribution is 2.25. The van der Waals surface area contributed by atoms with E-state index in [1.807, 2.05) is 4.57 Å². The molecule has 3 rings (SSSR count). The average molecular weight is 333 g/mol. The van der Waals surface area contributed by atoms with Gasteiger partial charge in [-0.2, -0.15) is 0 Å². The maximum atomic E-state index is 13.7. The minimum Gasteiger partial charge on any atom is -0.353 e. The van der Waals surface area contributed by atoms with E-state index >= 15 is 0 Å². The van der Waals surface area contributed by atoms with Crippen LogP contribution in [0.1, 0.15) is 39.2 Å². The third kappa shape index (κ3) is 3.68. The largest absolute Gasteiger partial charge is 0.353 e. The highest BCUT2D eigenvalue weighted by atomic mass is 19.1. The van der Waals surface area contributed by atoms with Crippen molar-refractivity contribution >= 4 is 10.9 Å². The quantitative estimate of drug-likeness (QED) is 0.834. The molecule has 2 aromatic rings. The van der Waals surface area contributed by atoms with Crippen molar-refractivity contribution in [1.82, 2.24) is 4.57 Å². The van der Waals surface area contributed by atoms with Crippen molar-refractivity contribution < 1.29 is 13.9 Å². The van der Waals surface area contributed by atoms with Gasteiger partial charge in [-0.05, 0) is 43.4 Å². The Labute approximate surface area is 141 Å². The first-order chi connectivity index (χ1) is 11.6. The zero-order chi connectivity index (χ0) is 17.1. The molecule has 0 saturated carbocycles. The van der Waals surface area contributed by atoms with E-state index in [4.69, 9.17) is 9.47 Å². The van der Waals surface area contributed by atoms with E-state index in [1.54, 1.807) is 12.3 Å². The Morgan fingerprint density at radius 1 is 1.33 bits per heavy atom. The fraction of sp³-hybridized carbons (Fsp3) is 0.526. The normalized spacial score (nSPS) is 19.8. The van der Waals surface area contributed by atoms with Gasteiger partial charge in [-0.15, -0.1) is 0 Å². The Morgan fingerprint density at radius 2 is 2.17 bits per heavy atom. The standard InChI is InChI=1S/C19H24FNO3/c1-13(2)17(12-24-19-5-3-4-10-23-19)21-9-8-18(22)15-7-6-14(20)11-16(15)21/h6-9,11,13,17,19H,3-5,10,12H2,1-2H3. The second-order valence-electron chi connectivity index (χ2n) is 6.69. The van der Waals surface area contributed by atoms with Gasteiger partial charge < -0.3 is 14.0 Å². The van der Waals surface area contributed by atoms with Gasteiger partial charge in [-0.1, -0.05) is 13.8 Å². The predicted molar refractivity (Wildman–Crippen MR) is 91.6 cm³/mol. The van der Waals surface area contributed by atoms with Crippen molar-refractivity contribution in [3.63, 3.8) is 0 Å². The van der Waals surface area contributed by atoms with Crippen molar-refractivity contribution in [2.24, 2.45) is 5.92 Å². The third-order valence-electron chi connectivity index (χ3n) is 4.61. The molecule has 1 saturated heterocycles. The molecule has 1 aliphatic rings. The fourth-order valence-corrected chi connectivity index (χ4v) is 3.18. The van der Waals surface area contributed by atoms with Gasteiger partial charge in [0.15, 0.2) is 11.7 Å². The van der Waals surface area contributed by atoms with Crippen molar-refractivity contribution in [1.29, 1.82) is 0 Å². The SMILES string of the molecule is CC(C)C(COC1CCCCO1)n1ccc(=O)c2ccc(F)cc21. The lowest BCUT2D eigenvalue weighted by Gasteiger charge is -2.29. The number of hydrogen-bond donors (Lipinski definition) is 0. The van der Waals surface area contributed by atoms with Gasteiger partial charge in [0.05, 0.1) is 18.2 Å². The molecule has 1 aromatic heterocycles. The van der Waals surface area contributed by atoms with Crippen LogP contribution in [0.3, 0.4) is 0 Å². The van der Waals surface area contributed by atoms with Crippen LogP contribution < -0.4 is 5.43 Å². The Balaban J connectivity index is 1.90. The molecule has 0 aliphatic carbocycles. The Bertz CT molecular complexity index is 750. The summed E-state index contributed by atoms with van der Waals surface area (Å²) in [7, 11) is 0. The molecular formula is C19H24FNO3. The molecule has 4 nitrogen and oxygen atoms in total. The lowest BCUT2D eigenvalue weighted by atomic mass is 10.0. The molecule has 0 amide bonds. The van der Waals surface area contributed by atoms with Crippen LogP contribution >= 0.6 is 0 Å². The molecular weight excluding hydrogens is 309 g/mol. The first-order valence-electron chi connectivity index (χ1n) is 8.60. The number of benzene rings is 1. The molecule has 2 atom stereocenters. The molecule has 24 heavy (non-hydrogen) atoms. The van der Waals surface area contributed by atoms with Crippen molar-refractivity contribution in [3.8, 4) is 0 Å². The van der Waals surface area contributed by atoms with Crippen molar-refractivity contribution in [2.45, 2.75) is 45.4 Å². The maximum absolute atomic E-state index is 13.7. The van der Waals surface area contributed by atoms with Crippen LogP contribution in [0.4, 0.5) is 4.39 Å². The number of ether oxygens (including phenoxy) is 2. The molecule has 2 heterocycles. The summed E-state index contributed by atoms with van der Waals surface area (Å²) < 4.78 is 27.3. The Morgan fingerprint density at radius 3 is 2.88 bits per heavy atom. The van der Waals surface area contributed by atoms with Crippen molar-refractivity contribution in [2.75, 3.05) is 13.2 Å². The smallest absolute Gasteiger partial charge is 0.189 e. The highest BCUT2D eigenvalue weighted by Gasteiger charge is 2.21. The van der Waals surface area contributed by atoms with Crippen LogP contribution in [0, 0.1) is 11.7 Å². The Hall–Kier alpha value is -1.72. The van der Waals surface area contributed by atoms with E-state index in [-0.39, 0.29) is 29.5 Å². The van der Waals surface area contributed by atoms with Crippen molar-refractivity contribution in [3.05, 3.63) is 46.5 Å². The first-order valence-corrected chi connectivity index (χ1v) is 8.60. The summed E-state index contributed by atoms with van der Waals surface area (Å²) in [6, 6.07) is 5.83. The van der Waals surface area contributed by atoms with Gasteiger partial charge in [-0.3, -0.25) is 4.79 Å². The average Bonchev–Trinajstić information content (AvgIpc) is 2.57. The topological polar surface area (TPSA) is 40.5 Å². The predicted octanol–water partition coefficient (Wildman–Crippen LogP) is 3.88. The summed E-state index contributed by atoms with van der Waals surface area (Å²) in [6.45, 7) is 5.40. The number of pyridine rings is 1. The number of aromatic nitrogens is 1. The van der Waals surface area contributed by atoms with Gasteiger partial charge in [0.25, 0.3) is 0 Å².